The molecule has 1 aliphatic rings. The first-order chi connectivity index (χ1) is 7.47. The molecule has 3 nitrogen and oxygen atoms in total. The molecule has 0 heterocycles. The van der Waals surface area contributed by atoms with Crippen molar-refractivity contribution >= 4 is 17.5 Å². The lowest BCUT2D eigenvalue weighted by Gasteiger charge is -2.35. The molecule has 0 aromatic rings. The first-order valence-electron chi connectivity index (χ1n) is 6.03. The minimum absolute atomic E-state index is 0.0675. The Balaban J connectivity index is 2.34. The predicted molar refractivity (Wildman–Crippen MR) is 65.5 cm³/mol. The van der Waals surface area contributed by atoms with Gasteiger partial charge in [0.15, 0.2) is 0 Å². The smallest absolute Gasteiger partial charge is 0.224 e. The van der Waals surface area contributed by atoms with Gasteiger partial charge in [0.2, 0.25) is 5.91 Å². The van der Waals surface area contributed by atoms with Crippen LogP contribution in [-0.2, 0) is 4.79 Å². The summed E-state index contributed by atoms with van der Waals surface area (Å²) in [5, 5.41) is 13.0. The van der Waals surface area contributed by atoms with Gasteiger partial charge in [-0.3, -0.25) is 4.79 Å². The van der Waals surface area contributed by atoms with Crippen LogP contribution in [0.4, 0.5) is 0 Å². The summed E-state index contributed by atoms with van der Waals surface area (Å²) in [6, 6.07) is 0. The molecule has 0 radical (unpaired) electrons. The number of alkyl halides is 1. The zero-order chi connectivity index (χ0) is 12.2. The van der Waals surface area contributed by atoms with E-state index in [1.165, 1.54) is 0 Å². The zero-order valence-corrected chi connectivity index (χ0v) is 10.9. The lowest BCUT2D eigenvalue weighted by Crippen LogP contribution is -2.46. The summed E-state index contributed by atoms with van der Waals surface area (Å²) >= 11 is 5.60. The van der Waals surface area contributed by atoms with Gasteiger partial charge in [-0.25, -0.2) is 0 Å². The molecule has 1 amide bonds. The van der Waals surface area contributed by atoms with Crippen molar-refractivity contribution in [1.29, 1.82) is 0 Å². The molecule has 0 aliphatic heterocycles. The van der Waals surface area contributed by atoms with Crippen LogP contribution in [0.1, 0.15) is 39.5 Å². The molecule has 1 unspecified atom stereocenters. The number of nitrogens with one attached hydrogen (secondary N) is 1. The van der Waals surface area contributed by atoms with Gasteiger partial charge in [0.1, 0.15) is 0 Å². The molecule has 2 N–H and O–H groups in total. The fraction of sp³-hybridized carbons (Fsp3) is 0.917. The van der Waals surface area contributed by atoms with Crippen molar-refractivity contribution in [2.75, 3.05) is 12.4 Å². The molecule has 0 aromatic heterocycles. The predicted octanol–water partition coefficient (Wildman–Crippen LogP) is 1.92. The van der Waals surface area contributed by atoms with E-state index in [0.29, 0.717) is 18.3 Å². The van der Waals surface area contributed by atoms with Crippen molar-refractivity contribution in [2.24, 2.45) is 11.8 Å². The van der Waals surface area contributed by atoms with Gasteiger partial charge in [-0.2, -0.15) is 0 Å². The van der Waals surface area contributed by atoms with E-state index in [0.717, 1.165) is 25.7 Å². The third-order valence-electron chi connectivity index (χ3n) is 3.48. The Kier molecular flexibility index (Phi) is 5.06. The summed E-state index contributed by atoms with van der Waals surface area (Å²) in [7, 11) is 0. The van der Waals surface area contributed by atoms with E-state index in [2.05, 4.69) is 12.2 Å². The highest BCUT2D eigenvalue weighted by Gasteiger charge is 2.32. The van der Waals surface area contributed by atoms with Gasteiger partial charge in [0.25, 0.3) is 0 Å². The average Bonchev–Trinajstić information content (AvgIpc) is 2.29. The maximum absolute atomic E-state index is 11.5. The summed E-state index contributed by atoms with van der Waals surface area (Å²) in [6.45, 7) is 4.35. The first-order valence-corrected chi connectivity index (χ1v) is 6.56. The van der Waals surface area contributed by atoms with Crippen LogP contribution in [-0.4, -0.2) is 29.0 Å². The van der Waals surface area contributed by atoms with Crippen LogP contribution < -0.4 is 5.32 Å². The number of hydrogen-bond acceptors (Lipinski definition) is 2. The van der Waals surface area contributed by atoms with Crippen LogP contribution in [0.3, 0.4) is 0 Å². The van der Waals surface area contributed by atoms with Crippen LogP contribution >= 0.6 is 11.6 Å². The van der Waals surface area contributed by atoms with E-state index in [9.17, 15) is 9.90 Å². The monoisotopic (exact) mass is 247 g/mol. The molecular weight excluding hydrogens is 226 g/mol. The minimum Gasteiger partial charge on any atom is -0.388 e. The fourth-order valence-corrected chi connectivity index (χ4v) is 2.11. The van der Waals surface area contributed by atoms with E-state index in [-0.39, 0.29) is 11.8 Å². The molecule has 1 aliphatic carbocycles. The number of rotatable bonds is 4. The van der Waals surface area contributed by atoms with Crippen LogP contribution in [0.2, 0.25) is 0 Å². The van der Waals surface area contributed by atoms with Gasteiger partial charge < -0.3 is 10.4 Å². The number of carbonyl (C=O) groups is 1. The van der Waals surface area contributed by atoms with Crippen LogP contribution in [0, 0.1) is 11.8 Å². The topological polar surface area (TPSA) is 49.3 Å². The second-order valence-corrected chi connectivity index (χ2v) is 5.49. The molecule has 94 valence electrons. The summed E-state index contributed by atoms with van der Waals surface area (Å²) in [5.41, 5.74) is -0.700. The van der Waals surface area contributed by atoms with Crippen molar-refractivity contribution in [3.63, 3.8) is 0 Å². The highest BCUT2D eigenvalue weighted by molar-refractivity contribution is 6.19. The molecular formula is C12H22ClNO2. The van der Waals surface area contributed by atoms with E-state index in [1.807, 2.05) is 0 Å². The largest absolute Gasteiger partial charge is 0.388 e. The Morgan fingerprint density at radius 3 is 2.62 bits per heavy atom. The first kappa shape index (κ1) is 13.8. The Morgan fingerprint density at radius 2 is 2.12 bits per heavy atom. The lowest BCUT2D eigenvalue weighted by molar-refractivity contribution is -0.125. The summed E-state index contributed by atoms with van der Waals surface area (Å²) in [4.78, 5) is 11.5. The molecule has 1 saturated carbocycles. The van der Waals surface area contributed by atoms with E-state index in [1.54, 1.807) is 6.92 Å². The Morgan fingerprint density at radius 1 is 1.56 bits per heavy atom. The standard InChI is InChI=1S/C12H22ClNO2/c1-9-3-5-12(16,6-4-9)8-14-11(15)10(2)7-13/h9-10,16H,3-8H2,1-2H3,(H,14,15). The van der Waals surface area contributed by atoms with E-state index >= 15 is 0 Å². The Bertz CT molecular complexity index is 237. The number of amides is 1. The SMILES string of the molecule is CC1CCC(O)(CNC(=O)C(C)CCl)CC1. The van der Waals surface area contributed by atoms with Crippen molar-refractivity contribution in [3.8, 4) is 0 Å². The summed E-state index contributed by atoms with van der Waals surface area (Å²) in [5.74, 6) is 0.758. The number of aliphatic hydroxyl groups is 1. The van der Waals surface area contributed by atoms with Gasteiger partial charge in [0.05, 0.1) is 5.60 Å². The number of hydrogen-bond donors (Lipinski definition) is 2. The normalized spacial score (nSPS) is 32.1. The lowest BCUT2D eigenvalue weighted by atomic mass is 9.79. The molecule has 4 heteroatoms. The van der Waals surface area contributed by atoms with Crippen LogP contribution in [0.5, 0.6) is 0 Å². The Labute approximate surface area is 103 Å². The Hall–Kier alpha value is -0.280. The van der Waals surface area contributed by atoms with E-state index < -0.39 is 5.60 Å². The molecule has 0 bridgehead atoms. The minimum atomic E-state index is -0.700. The maximum atomic E-state index is 11.5. The van der Waals surface area contributed by atoms with Crippen molar-refractivity contribution in [1.82, 2.24) is 5.32 Å². The third-order valence-corrected chi connectivity index (χ3v) is 3.94. The van der Waals surface area contributed by atoms with Crippen molar-refractivity contribution in [2.45, 2.75) is 45.1 Å². The van der Waals surface area contributed by atoms with Gasteiger partial charge >= 0.3 is 0 Å². The number of halogens is 1. The molecule has 1 fully saturated rings. The van der Waals surface area contributed by atoms with Crippen LogP contribution in [0.15, 0.2) is 0 Å². The highest BCUT2D eigenvalue weighted by Crippen LogP contribution is 2.31. The zero-order valence-electron chi connectivity index (χ0n) is 10.1. The third kappa shape index (κ3) is 3.95. The van der Waals surface area contributed by atoms with Gasteiger partial charge in [-0.1, -0.05) is 13.8 Å². The quantitative estimate of drug-likeness (QED) is 0.746. The molecule has 0 saturated heterocycles. The maximum Gasteiger partial charge on any atom is 0.224 e. The highest BCUT2D eigenvalue weighted by atomic mass is 35.5. The molecule has 16 heavy (non-hydrogen) atoms. The summed E-state index contributed by atoms with van der Waals surface area (Å²) < 4.78 is 0. The summed E-state index contributed by atoms with van der Waals surface area (Å²) in [6.07, 6.45) is 3.64. The molecule has 1 rings (SSSR count). The molecule has 1 atom stereocenters. The van der Waals surface area contributed by atoms with E-state index in [4.69, 9.17) is 11.6 Å². The fourth-order valence-electron chi connectivity index (χ4n) is 1.97. The second-order valence-electron chi connectivity index (χ2n) is 5.18. The van der Waals surface area contributed by atoms with Gasteiger partial charge in [-0.15, -0.1) is 11.6 Å². The molecule has 0 aromatic carbocycles. The van der Waals surface area contributed by atoms with Crippen molar-refractivity contribution in [3.05, 3.63) is 0 Å². The number of carbonyl (C=O) groups excluding carboxylic acids is 1. The van der Waals surface area contributed by atoms with Gasteiger partial charge in [-0.05, 0) is 31.6 Å². The average molecular weight is 248 g/mol. The van der Waals surface area contributed by atoms with Gasteiger partial charge in [0, 0.05) is 18.3 Å². The molecule has 0 spiro atoms. The second kappa shape index (κ2) is 5.87. The van der Waals surface area contributed by atoms with Crippen molar-refractivity contribution < 1.29 is 9.90 Å². The van der Waals surface area contributed by atoms with Crippen LogP contribution in [0.25, 0.3) is 0 Å².